The van der Waals surface area contributed by atoms with E-state index in [0.717, 1.165) is 50.5 Å². The lowest BCUT2D eigenvalue weighted by Crippen LogP contribution is -1.97. The highest BCUT2D eigenvalue weighted by molar-refractivity contribution is 6.09. The molecule has 0 unspecified atom stereocenters. The Labute approximate surface area is 319 Å². The van der Waals surface area contributed by atoms with Crippen LogP contribution in [0, 0.1) is 0 Å². The zero-order chi connectivity index (χ0) is 36.6. The zero-order valence-corrected chi connectivity index (χ0v) is 29.9. The number of aromatic nitrogens is 4. The number of para-hydroxylation sites is 2. The highest BCUT2D eigenvalue weighted by Crippen LogP contribution is 2.34. The Bertz CT molecular complexity index is 2860. The summed E-state index contributed by atoms with van der Waals surface area (Å²) in [6, 6.07) is 68.4. The second kappa shape index (κ2) is 13.8. The molecule has 0 fully saturated rings. The quantitative estimate of drug-likeness (QED) is 0.166. The highest BCUT2D eigenvalue weighted by atomic mass is 15.0. The van der Waals surface area contributed by atoms with Gasteiger partial charge in [0.1, 0.15) is 0 Å². The van der Waals surface area contributed by atoms with Gasteiger partial charge >= 0.3 is 0 Å². The van der Waals surface area contributed by atoms with Crippen LogP contribution < -0.4 is 0 Å². The van der Waals surface area contributed by atoms with Crippen molar-refractivity contribution in [2.75, 3.05) is 0 Å². The van der Waals surface area contributed by atoms with Crippen molar-refractivity contribution in [3.63, 3.8) is 0 Å². The van der Waals surface area contributed by atoms with Gasteiger partial charge in [-0.15, -0.1) is 0 Å². The summed E-state index contributed by atoms with van der Waals surface area (Å²) in [6.07, 6.45) is 3.65. The lowest BCUT2D eigenvalue weighted by Gasteiger charge is -2.12. The third-order valence-corrected chi connectivity index (χ3v) is 10.4. The van der Waals surface area contributed by atoms with Gasteiger partial charge in [-0.2, -0.15) is 0 Å². The van der Waals surface area contributed by atoms with E-state index >= 15 is 0 Å². The maximum atomic E-state index is 5.18. The normalized spacial score (nSPS) is 11.3. The molecule has 0 saturated carbocycles. The monoisotopic (exact) mass is 702 g/mol. The summed E-state index contributed by atoms with van der Waals surface area (Å²) in [5.41, 5.74) is 15.2. The maximum Gasteiger partial charge on any atom is 0.160 e. The average Bonchev–Trinajstić information content (AvgIpc) is 3.61. The first-order valence-electron chi connectivity index (χ1n) is 18.5. The number of hydrogen-bond acceptors (Lipinski definition) is 3. The summed E-state index contributed by atoms with van der Waals surface area (Å²) in [7, 11) is 0. The predicted octanol–water partition coefficient (Wildman–Crippen LogP) is 13.0. The number of fused-ring (bicyclic) bond motifs is 3. The Balaban J connectivity index is 1.03. The van der Waals surface area contributed by atoms with Crippen LogP contribution >= 0.6 is 0 Å². The highest BCUT2D eigenvalue weighted by Gasteiger charge is 2.14. The third-order valence-electron chi connectivity index (χ3n) is 10.4. The van der Waals surface area contributed by atoms with Crippen molar-refractivity contribution < 1.29 is 0 Å². The number of rotatable bonds is 7. The minimum atomic E-state index is 0.683. The minimum Gasteiger partial charge on any atom is -0.309 e. The summed E-state index contributed by atoms with van der Waals surface area (Å²) in [5, 5.41) is 2.50. The molecule has 0 aliphatic heterocycles. The molecule has 10 rings (SSSR count). The summed E-state index contributed by atoms with van der Waals surface area (Å²) >= 11 is 0. The van der Waals surface area contributed by atoms with Gasteiger partial charge < -0.3 is 4.57 Å². The number of pyridine rings is 1. The Kier molecular flexibility index (Phi) is 8.12. The van der Waals surface area contributed by atoms with Crippen LogP contribution in [0.15, 0.2) is 207 Å². The van der Waals surface area contributed by atoms with E-state index in [0.29, 0.717) is 5.82 Å². The molecule has 0 N–H and O–H groups in total. The minimum absolute atomic E-state index is 0.683. The van der Waals surface area contributed by atoms with E-state index in [2.05, 4.69) is 185 Å². The van der Waals surface area contributed by atoms with Gasteiger partial charge in [-0.1, -0.05) is 152 Å². The van der Waals surface area contributed by atoms with E-state index in [1.807, 2.05) is 30.6 Å². The molecule has 4 nitrogen and oxygen atoms in total. The number of benzene rings is 7. The van der Waals surface area contributed by atoms with Crippen molar-refractivity contribution in [3.8, 4) is 73.0 Å². The molecule has 258 valence electrons. The first-order valence-corrected chi connectivity index (χ1v) is 18.5. The van der Waals surface area contributed by atoms with Crippen LogP contribution in [0.5, 0.6) is 0 Å². The van der Waals surface area contributed by atoms with E-state index in [1.54, 1.807) is 0 Å². The van der Waals surface area contributed by atoms with Crippen LogP contribution in [0.2, 0.25) is 0 Å². The molecule has 3 heterocycles. The van der Waals surface area contributed by atoms with Gasteiger partial charge in [-0.25, -0.2) is 9.97 Å². The van der Waals surface area contributed by atoms with E-state index in [1.165, 1.54) is 38.5 Å². The molecule has 0 bridgehead atoms. The Morgan fingerprint density at radius 3 is 1.20 bits per heavy atom. The molecule has 0 saturated heterocycles. The Hall–Kier alpha value is -7.43. The van der Waals surface area contributed by atoms with Gasteiger partial charge in [-0.3, -0.25) is 4.98 Å². The van der Waals surface area contributed by atoms with Crippen molar-refractivity contribution in [2.45, 2.75) is 0 Å². The predicted molar refractivity (Wildman–Crippen MR) is 227 cm³/mol. The Morgan fingerprint density at radius 2 is 0.691 bits per heavy atom. The molecule has 4 heteroatoms. The number of hydrogen-bond donors (Lipinski definition) is 0. The van der Waals surface area contributed by atoms with Gasteiger partial charge in [0.25, 0.3) is 0 Å². The van der Waals surface area contributed by atoms with Gasteiger partial charge in [0, 0.05) is 45.5 Å². The number of nitrogens with zero attached hydrogens (tertiary/aromatic N) is 4. The summed E-state index contributed by atoms with van der Waals surface area (Å²) in [4.78, 5) is 14.5. The van der Waals surface area contributed by atoms with Crippen LogP contribution in [0.3, 0.4) is 0 Å². The fourth-order valence-electron chi connectivity index (χ4n) is 7.53. The fourth-order valence-corrected chi connectivity index (χ4v) is 7.53. The Morgan fingerprint density at radius 1 is 0.309 bits per heavy atom. The largest absolute Gasteiger partial charge is 0.309 e. The SMILES string of the molecule is c1ccc(-c2ccc(-c3ccc(-c4nc(-c5ccc(-c6ccncc6)cc5)cc(-c5ccc(-n6c7ccccc7c7ccccc76)cc5)n4)cc3)cc2)cc1. The van der Waals surface area contributed by atoms with Crippen molar-refractivity contribution >= 4 is 21.8 Å². The molecule has 0 radical (unpaired) electrons. The first kappa shape index (κ1) is 32.2. The zero-order valence-electron chi connectivity index (χ0n) is 29.9. The molecule has 10 aromatic rings. The van der Waals surface area contributed by atoms with Crippen LogP contribution in [-0.4, -0.2) is 19.5 Å². The standard InChI is InChI=1S/C51H34N4/c1-2-8-35(9-3-1)36-14-16-37(17-15-36)38-20-24-43(25-21-38)51-53-47(41-22-18-39(19-23-41)40-30-32-52-33-31-40)34-48(54-51)42-26-28-44(29-27-42)55-49-12-6-4-10-45(49)46-11-5-7-13-50(46)55/h1-34H. The van der Waals surface area contributed by atoms with Gasteiger partial charge in [0.05, 0.1) is 22.4 Å². The lowest BCUT2D eigenvalue weighted by molar-refractivity contribution is 1.17. The van der Waals surface area contributed by atoms with E-state index < -0.39 is 0 Å². The summed E-state index contributed by atoms with van der Waals surface area (Å²) in [6.45, 7) is 0. The summed E-state index contributed by atoms with van der Waals surface area (Å²) < 4.78 is 2.34. The average molecular weight is 703 g/mol. The maximum absolute atomic E-state index is 5.18. The second-order valence-corrected chi connectivity index (χ2v) is 13.7. The van der Waals surface area contributed by atoms with Gasteiger partial charge in [0.15, 0.2) is 5.82 Å². The van der Waals surface area contributed by atoms with E-state index in [9.17, 15) is 0 Å². The van der Waals surface area contributed by atoms with Crippen molar-refractivity contribution in [2.24, 2.45) is 0 Å². The molecular weight excluding hydrogens is 669 g/mol. The molecule has 0 atom stereocenters. The molecule has 7 aromatic carbocycles. The summed E-state index contributed by atoms with van der Waals surface area (Å²) in [5.74, 6) is 0.683. The van der Waals surface area contributed by atoms with Gasteiger partial charge in [-0.05, 0) is 75.8 Å². The molecular formula is C51H34N4. The molecule has 3 aromatic heterocycles. The third kappa shape index (κ3) is 6.16. The second-order valence-electron chi connectivity index (χ2n) is 13.7. The fraction of sp³-hybridized carbons (Fsp3) is 0. The van der Waals surface area contributed by atoms with E-state index in [-0.39, 0.29) is 0 Å². The smallest absolute Gasteiger partial charge is 0.160 e. The topological polar surface area (TPSA) is 43.6 Å². The van der Waals surface area contributed by atoms with Crippen LogP contribution in [-0.2, 0) is 0 Å². The van der Waals surface area contributed by atoms with Crippen LogP contribution in [0.4, 0.5) is 0 Å². The lowest BCUT2D eigenvalue weighted by atomic mass is 9.99. The molecule has 0 spiro atoms. The van der Waals surface area contributed by atoms with Crippen LogP contribution in [0.25, 0.3) is 94.8 Å². The first-order chi connectivity index (χ1) is 27.2. The molecule has 0 amide bonds. The van der Waals surface area contributed by atoms with Crippen molar-refractivity contribution in [3.05, 3.63) is 207 Å². The van der Waals surface area contributed by atoms with Crippen molar-refractivity contribution in [1.29, 1.82) is 0 Å². The van der Waals surface area contributed by atoms with E-state index in [4.69, 9.17) is 9.97 Å². The molecule has 0 aliphatic carbocycles. The van der Waals surface area contributed by atoms with Gasteiger partial charge in [0.2, 0.25) is 0 Å². The van der Waals surface area contributed by atoms with Crippen molar-refractivity contribution in [1.82, 2.24) is 19.5 Å². The van der Waals surface area contributed by atoms with Crippen LogP contribution in [0.1, 0.15) is 0 Å². The molecule has 0 aliphatic rings. The molecule has 55 heavy (non-hydrogen) atoms.